The Bertz CT molecular complexity index is 863. The van der Waals surface area contributed by atoms with Gasteiger partial charge in [0, 0.05) is 36.4 Å². The Morgan fingerprint density at radius 1 is 1.12 bits per heavy atom. The van der Waals surface area contributed by atoms with Crippen LogP contribution >= 0.6 is 0 Å². The number of aryl methyl sites for hydroxylation is 2. The van der Waals surface area contributed by atoms with Gasteiger partial charge in [0.2, 0.25) is 0 Å². The number of hydrogen-bond donors (Lipinski definition) is 2. The lowest BCUT2D eigenvalue weighted by Gasteiger charge is -2.24. The van der Waals surface area contributed by atoms with E-state index in [1.54, 1.807) is 6.33 Å². The van der Waals surface area contributed by atoms with Gasteiger partial charge in [0.15, 0.2) is 0 Å². The van der Waals surface area contributed by atoms with Gasteiger partial charge in [-0.05, 0) is 45.0 Å². The first-order valence-electron chi connectivity index (χ1n) is 8.42. The van der Waals surface area contributed by atoms with Crippen molar-refractivity contribution in [3.63, 3.8) is 0 Å². The number of anilines is 1. The minimum absolute atomic E-state index is 0.500. The van der Waals surface area contributed by atoms with Crippen molar-refractivity contribution in [2.75, 3.05) is 18.4 Å². The van der Waals surface area contributed by atoms with Crippen LogP contribution in [0, 0.1) is 6.92 Å². The van der Waals surface area contributed by atoms with Crippen molar-refractivity contribution in [2.45, 2.75) is 25.8 Å². The van der Waals surface area contributed by atoms with Gasteiger partial charge in [-0.1, -0.05) is 0 Å². The number of piperidine rings is 1. The molecule has 1 aliphatic rings. The van der Waals surface area contributed by atoms with E-state index in [0.29, 0.717) is 6.04 Å². The number of aromatic nitrogens is 4. The first kappa shape index (κ1) is 15.1. The molecule has 1 fully saturated rings. The van der Waals surface area contributed by atoms with Crippen LogP contribution in [-0.2, 0) is 7.05 Å². The molecule has 1 saturated heterocycles. The van der Waals surface area contributed by atoms with Gasteiger partial charge in [0.1, 0.15) is 12.1 Å². The summed E-state index contributed by atoms with van der Waals surface area (Å²) < 4.78 is 2.17. The summed E-state index contributed by atoms with van der Waals surface area (Å²) in [6.07, 6.45) is 5.83. The van der Waals surface area contributed by atoms with Crippen LogP contribution in [0.3, 0.4) is 0 Å². The third-order valence-corrected chi connectivity index (χ3v) is 4.68. The van der Waals surface area contributed by atoms with Crippen molar-refractivity contribution in [1.29, 1.82) is 0 Å². The Morgan fingerprint density at radius 3 is 2.75 bits per heavy atom. The van der Waals surface area contributed by atoms with Crippen molar-refractivity contribution in [3.05, 3.63) is 36.4 Å². The number of nitrogens with one attached hydrogen (secondary N) is 2. The minimum atomic E-state index is 0.500. The first-order chi connectivity index (χ1) is 11.7. The summed E-state index contributed by atoms with van der Waals surface area (Å²) in [5.41, 5.74) is 4.15. The molecule has 0 radical (unpaired) electrons. The van der Waals surface area contributed by atoms with Gasteiger partial charge in [-0.3, -0.25) is 0 Å². The molecule has 0 aromatic carbocycles. The molecule has 0 atom stereocenters. The molecule has 24 heavy (non-hydrogen) atoms. The molecule has 6 heteroatoms. The Balaban J connectivity index is 1.68. The fraction of sp³-hybridized carbons (Fsp3) is 0.389. The maximum atomic E-state index is 4.59. The SMILES string of the molecule is Cc1cc(-c2cc3cnc(NC4CCNCC4)cc3n2C)ncn1. The summed E-state index contributed by atoms with van der Waals surface area (Å²) in [4.78, 5) is 13.2. The lowest BCUT2D eigenvalue weighted by atomic mass is 10.1. The van der Waals surface area contributed by atoms with E-state index >= 15 is 0 Å². The van der Waals surface area contributed by atoms with Crippen molar-refractivity contribution >= 4 is 16.7 Å². The summed E-state index contributed by atoms with van der Waals surface area (Å²) in [5, 5.41) is 8.08. The van der Waals surface area contributed by atoms with Crippen LogP contribution in [0.4, 0.5) is 5.82 Å². The third-order valence-electron chi connectivity index (χ3n) is 4.68. The molecule has 0 spiro atoms. The molecular weight excluding hydrogens is 300 g/mol. The Labute approximate surface area is 141 Å². The van der Waals surface area contributed by atoms with Crippen LogP contribution in [0.15, 0.2) is 30.7 Å². The van der Waals surface area contributed by atoms with Crippen molar-refractivity contribution in [3.8, 4) is 11.4 Å². The number of fused-ring (bicyclic) bond motifs is 1. The molecule has 2 N–H and O–H groups in total. The van der Waals surface area contributed by atoms with E-state index in [9.17, 15) is 0 Å². The minimum Gasteiger partial charge on any atom is -0.367 e. The molecule has 0 amide bonds. The molecule has 3 aromatic rings. The normalized spacial score (nSPS) is 15.8. The fourth-order valence-corrected chi connectivity index (χ4v) is 3.33. The Morgan fingerprint density at radius 2 is 1.96 bits per heavy atom. The lowest BCUT2D eigenvalue weighted by Crippen LogP contribution is -2.35. The number of pyridine rings is 1. The van der Waals surface area contributed by atoms with E-state index in [0.717, 1.165) is 59.7 Å². The van der Waals surface area contributed by atoms with Gasteiger partial charge in [-0.25, -0.2) is 15.0 Å². The zero-order valence-corrected chi connectivity index (χ0v) is 14.1. The predicted octanol–water partition coefficient (Wildman–Crippen LogP) is 2.50. The summed E-state index contributed by atoms with van der Waals surface area (Å²) in [6.45, 7) is 4.12. The third kappa shape index (κ3) is 2.85. The Kier molecular flexibility index (Phi) is 3.90. The van der Waals surface area contributed by atoms with Crippen LogP contribution in [0.2, 0.25) is 0 Å². The maximum absolute atomic E-state index is 4.59. The Hall–Kier alpha value is -2.47. The predicted molar refractivity (Wildman–Crippen MR) is 96.0 cm³/mol. The van der Waals surface area contributed by atoms with Gasteiger partial charge in [0.25, 0.3) is 0 Å². The van der Waals surface area contributed by atoms with E-state index in [4.69, 9.17) is 0 Å². The average molecular weight is 322 g/mol. The summed E-state index contributed by atoms with van der Waals surface area (Å²) in [5.74, 6) is 0.945. The smallest absolute Gasteiger partial charge is 0.128 e. The van der Waals surface area contributed by atoms with Crippen LogP contribution in [-0.4, -0.2) is 38.7 Å². The molecule has 0 unspecified atom stereocenters. The molecule has 6 nitrogen and oxygen atoms in total. The zero-order valence-electron chi connectivity index (χ0n) is 14.1. The van der Waals surface area contributed by atoms with E-state index in [-0.39, 0.29) is 0 Å². The standard InChI is InChI=1S/C18H22N6/c1-12-7-15(22-11-21-12)17-8-13-10-20-18(9-16(13)24(17)2)23-14-3-5-19-6-4-14/h7-11,14,19H,3-6H2,1-2H3,(H,20,23). The molecular formula is C18H22N6. The molecule has 4 heterocycles. The first-order valence-corrected chi connectivity index (χ1v) is 8.42. The number of hydrogen-bond acceptors (Lipinski definition) is 5. The summed E-state index contributed by atoms with van der Waals surface area (Å²) in [6, 6.07) is 6.78. The van der Waals surface area contributed by atoms with E-state index in [1.165, 1.54) is 0 Å². The molecule has 0 saturated carbocycles. The van der Waals surface area contributed by atoms with Crippen molar-refractivity contribution in [1.82, 2.24) is 24.8 Å². The highest BCUT2D eigenvalue weighted by molar-refractivity contribution is 5.87. The number of rotatable bonds is 3. The average Bonchev–Trinajstić information content (AvgIpc) is 2.93. The van der Waals surface area contributed by atoms with E-state index in [2.05, 4.69) is 49.3 Å². The van der Waals surface area contributed by atoms with E-state index in [1.807, 2.05) is 19.2 Å². The highest BCUT2D eigenvalue weighted by atomic mass is 15.0. The van der Waals surface area contributed by atoms with Crippen molar-refractivity contribution in [2.24, 2.45) is 7.05 Å². The monoisotopic (exact) mass is 322 g/mol. The lowest BCUT2D eigenvalue weighted by molar-refractivity contribution is 0.478. The molecule has 3 aromatic heterocycles. The van der Waals surface area contributed by atoms with Crippen molar-refractivity contribution < 1.29 is 0 Å². The van der Waals surface area contributed by atoms with Crippen LogP contribution in [0.1, 0.15) is 18.5 Å². The topological polar surface area (TPSA) is 67.7 Å². The van der Waals surface area contributed by atoms with Gasteiger partial charge in [-0.2, -0.15) is 0 Å². The molecule has 0 bridgehead atoms. The molecule has 1 aliphatic heterocycles. The quantitative estimate of drug-likeness (QED) is 0.775. The fourth-order valence-electron chi connectivity index (χ4n) is 3.33. The van der Waals surface area contributed by atoms with Gasteiger partial charge >= 0.3 is 0 Å². The zero-order chi connectivity index (χ0) is 16.5. The largest absolute Gasteiger partial charge is 0.367 e. The number of nitrogens with zero attached hydrogens (tertiary/aromatic N) is 4. The van der Waals surface area contributed by atoms with E-state index < -0.39 is 0 Å². The second-order valence-corrected chi connectivity index (χ2v) is 6.43. The maximum Gasteiger partial charge on any atom is 0.128 e. The highest BCUT2D eigenvalue weighted by Gasteiger charge is 2.15. The van der Waals surface area contributed by atoms with Gasteiger partial charge in [0.05, 0.1) is 16.9 Å². The van der Waals surface area contributed by atoms with Crippen LogP contribution < -0.4 is 10.6 Å². The summed E-state index contributed by atoms with van der Waals surface area (Å²) in [7, 11) is 2.07. The highest BCUT2D eigenvalue weighted by Crippen LogP contribution is 2.27. The van der Waals surface area contributed by atoms with Gasteiger partial charge < -0.3 is 15.2 Å². The van der Waals surface area contributed by atoms with Gasteiger partial charge in [-0.15, -0.1) is 0 Å². The van der Waals surface area contributed by atoms with Crippen LogP contribution in [0.5, 0.6) is 0 Å². The summed E-state index contributed by atoms with van der Waals surface area (Å²) >= 11 is 0. The van der Waals surface area contributed by atoms with Crippen LogP contribution in [0.25, 0.3) is 22.3 Å². The molecule has 4 rings (SSSR count). The molecule has 124 valence electrons. The molecule has 0 aliphatic carbocycles. The second-order valence-electron chi connectivity index (χ2n) is 6.43. The second kappa shape index (κ2) is 6.20.